The van der Waals surface area contributed by atoms with Crippen LogP contribution >= 0.6 is 23.2 Å². The van der Waals surface area contributed by atoms with Crippen LogP contribution in [0, 0.1) is 0 Å². The van der Waals surface area contributed by atoms with E-state index in [0.717, 1.165) is 16.9 Å². The third-order valence-corrected chi connectivity index (χ3v) is 5.09. The summed E-state index contributed by atoms with van der Waals surface area (Å²) in [6.07, 6.45) is 3.77. The van der Waals surface area contributed by atoms with E-state index in [1.165, 1.54) is 10.6 Å². The average molecular weight is 457 g/mol. The number of carbonyl (C=O) groups excluding carboxylic acids is 1. The molecule has 0 aliphatic carbocycles. The molecule has 1 N–H and O–H groups in total. The van der Waals surface area contributed by atoms with Crippen LogP contribution in [0.5, 0.6) is 5.75 Å². The zero-order chi connectivity index (χ0) is 22.2. The van der Waals surface area contributed by atoms with Crippen LogP contribution in [0.25, 0.3) is 11.8 Å². The number of nitrogens with one attached hydrogen (secondary N) is 1. The molecule has 31 heavy (non-hydrogen) atoms. The largest absolute Gasteiger partial charge is 0.494 e. The van der Waals surface area contributed by atoms with Gasteiger partial charge in [0.05, 0.1) is 6.61 Å². The van der Waals surface area contributed by atoms with Gasteiger partial charge >= 0.3 is 0 Å². The van der Waals surface area contributed by atoms with E-state index in [4.69, 9.17) is 27.9 Å². The Hall–Kier alpha value is -3.02. The zero-order valence-corrected chi connectivity index (χ0v) is 18.5. The average Bonchev–Trinajstić information content (AvgIpc) is 2.75. The van der Waals surface area contributed by atoms with Crippen LogP contribution in [0.4, 0.5) is 0 Å². The highest BCUT2D eigenvalue weighted by Gasteiger charge is 2.13. The minimum Gasteiger partial charge on any atom is -0.494 e. The number of halogens is 2. The molecule has 0 bridgehead atoms. The Kier molecular flexibility index (Phi) is 7.93. The van der Waals surface area contributed by atoms with E-state index < -0.39 is 0 Å². The third-order valence-electron chi connectivity index (χ3n) is 4.50. The van der Waals surface area contributed by atoms with Gasteiger partial charge in [-0.1, -0.05) is 47.5 Å². The SMILES string of the molecule is CCOc1ccc(C=C(C(=O)NCCc2ccc(Cl)cc2Cl)n2ccccc2=O)cc1. The van der Waals surface area contributed by atoms with Gasteiger partial charge in [-0.15, -0.1) is 0 Å². The molecule has 160 valence electrons. The van der Waals surface area contributed by atoms with Crippen LogP contribution in [-0.4, -0.2) is 23.6 Å². The Morgan fingerprint density at radius 3 is 2.55 bits per heavy atom. The molecule has 3 rings (SSSR count). The number of hydrogen-bond acceptors (Lipinski definition) is 3. The highest BCUT2D eigenvalue weighted by molar-refractivity contribution is 6.35. The summed E-state index contributed by atoms with van der Waals surface area (Å²) >= 11 is 12.1. The number of carbonyl (C=O) groups is 1. The summed E-state index contributed by atoms with van der Waals surface area (Å²) in [6.45, 7) is 2.83. The van der Waals surface area contributed by atoms with Gasteiger partial charge in [-0.05, 0) is 60.9 Å². The lowest BCUT2D eigenvalue weighted by atomic mass is 10.1. The first-order chi connectivity index (χ1) is 15.0. The topological polar surface area (TPSA) is 60.3 Å². The Morgan fingerprint density at radius 2 is 1.87 bits per heavy atom. The second-order valence-corrected chi connectivity index (χ2v) is 7.53. The molecule has 0 fully saturated rings. The molecule has 0 aliphatic heterocycles. The molecule has 5 nitrogen and oxygen atoms in total. The maximum Gasteiger partial charge on any atom is 0.268 e. The van der Waals surface area contributed by atoms with Crippen molar-refractivity contribution in [1.29, 1.82) is 0 Å². The van der Waals surface area contributed by atoms with Crippen LogP contribution in [0.1, 0.15) is 18.1 Å². The Bertz CT molecular complexity index is 1140. The maximum absolute atomic E-state index is 13.0. The minimum absolute atomic E-state index is 0.219. The van der Waals surface area contributed by atoms with Gasteiger partial charge in [-0.25, -0.2) is 0 Å². The van der Waals surface area contributed by atoms with Crippen molar-refractivity contribution in [3.8, 4) is 5.75 Å². The Balaban J connectivity index is 1.81. The minimum atomic E-state index is -0.368. The van der Waals surface area contributed by atoms with Crippen molar-refractivity contribution in [3.63, 3.8) is 0 Å². The summed E-state index contributed by atoms with van der Waals surface area (Å²) in [5.41, 5.74) is 1.57. The highest BCUT2D eigenvalue weighted by atomic mass is 35.5. The number of ether oxygens (including phenoxy) is 1. The molecule has 0 unspecified atom stereocenters. The first-order valence-electron chi connectivity index (χ1n) is 9.82. The van der Waals surface area contributed by atoms with Gasteiger partial charge in [0.2, 0.25) is 0 Å². The molecule has 1 aromatic heterocycles. The van der Waals surface area contributed by atoms with Crippen LogP contribution in [0.15, 0.2) is 71.7 Å². The first-order valence-corrected chi connectivity index (χ1v) is 10.6. The molecule has 0 spiro atoms. The highest BCUT2D eigenvalue weighted by Crippen LogP contribution is 2.21. The van der Waals surface area contributed by atoms with Crippen molar-refractivity contribution < 1.29 is 9.53 Å². The van der Waals surface area contributed by atoms with Crippen LogP contribution in [0.2, 0.25) is 10.0 Å². The Morgan fingerprint density at radius 1 is 1.10 bits per heavy atom. The molecule has 0 saturated carbocycles. The molecule has 1 heterocycles. The fraction of sp³-hybridized carbons (Fsp3) is 0.167. The number of benzene rings is 2. The Labute approximate surface area is 190 Å². The lowest BCUT2D eigenvalue weighted by Crippen LogP contribution is -2.32. The maximum atomic E-state index is 13.0. The monoisotopic (exact) mass is 456 g/mol. The molecular weight excluding hydrogens is 435 g/mol. The molecule has 1 amide bonds. The second kappa shape index (κ2) is 10.8. The lowest BCUT2D eigenvalue weighted by molar-refractivity contribution is -0.115. The van der Waals surface area contributed by atoms with Gasteiger partial charge in [0.15, 0.2) is 0 Å². The van der Waals surface area contributed by atoms with E-state index in [9.17, 15) is 9.59 Å². The fourth-order valence-corrected chi connectivity index (χ4v) is 3.48. The normalized spacial score (nSPS) is 11.3. The van der Waals surface area contributed by atoms with Crippen molar-refractivity contribution in [2.24, 2.45) is 0 Å². The van der Waals surface area contributed by atoms with Crippen LogP contribution in [-0.2, 0) is 11.2 Å². The number of hydrogen-bond donors (Lipinski definition) is 1. The number of pyridine rings is 1. The number of rotatable bonds is 8. The van der Waals surface area contributed by atoms with Crippen molar-refractivity contribution in [2.75, 3.05) is 13.2 Å². The molecule has 2 aromatic carbocycles. The fourth-order valence-electron chi connectivity index (χ4n) is 2.98. The van der Waals surface area contributed by atoms with Gasteiger partial charge in [0, 0.05) is 28.9 Å². The van der Waals surface area contributed by atoms with Gasteiger partial charge in [0.1, 0.15) is 11.4 Å². The third kappa shape index (κ3) is 6.23. The van der Waals surface area contributed by atoms with Crippen LogP contribution < -0.4 is 15.6 Å². The standard InChI is InChI=1S/C24H22Cl2N2O3/c1-2-31-20-10-6-17(7-11-20)15-22(28-14-4-3-5-23(28)29)24(30)27-13-12-18-8-9-19(25)16-21(18)26/h3-11,14-16H,2,12-13H2,1H3,(H,27,30). The first kappa shape index (κ1) is 22.7. The summed E-state index contributed by atoms with van der Waals surface area (Å²) in [5, 5.41) is 3.97. The van der Waals surface area contributed by atoms with E-state index in [-0.39, 0.29) is 17.2 Å². The summed E-state index contributed by atoms with van der Waals surface area (Å²) in [6, 6.07) is 17.3. The van der Waals surface area contributed by atoms with Gasteiger partial charge in [0.25, 0.3) is 11.5 Å². The molecule has 0 atom stereocenters. The second-order valence-electron chi connectivity index (χ2n) is 6.68. The predicted molar refractivity (Wildman–Crippen MR) is 126 cm³/mol. The summed E-state index contributed by atoms with van der Waals surface area (Å²) in [7, 11) is 0. The number of amides is 1. The van der Waals surface area contributed by atoms with E-state index in [1.807, 2.05) is 37.3 Å². The van der Waals surface area contributed by atoms with Gasteiger partial charge in [-0.3, -0.25) is 14.2 Å². The summed E-state index contributed by atoms with van der Waals surface area (Å²) in [5.74, 6) is 0.370. The number of nitrogens with zero attached hydrogens (tertiary/aromatic N) is 1. The zero-order valence-electron chi connectivity index (χ0n) is 17.0. The van der Waals surface area contributed by atoms with Crippen molar-refractivity contribution in [2.45, 2.75) is 13.3 Å². The predicted octanol–water partition coefficient (Wildman–Crippen LogP) is 4.91. The van der Waals surface area contributed by atoms with E-state index >= 15 is 0 Å². The summed E-state index contributed by atoms with van der Waals surface area (Å²) < 4.78 is 6.78. The molecule has 0 saturated heterocycles. The van der Waals surface area contributed by atoms with E-state index in [2.05, 4.69) is 5.32 Å². The molecule has 0 radical (unpaired) electrons. The van der Waals surface area contributed by atoms with Crippen LogP contribution in [0.3, 0.4) is 0 Å². The number of aromatic nitrogens is 1. The van der Waals surface area contributed by atoms with Gasteiger partial charge in [-0.2, -0.15) is 0 Å². The van der Waals surface area contributed by atoms with Gasteiger partial charge < -0.3 is 10.1 Å². The van der Waals surface area contributed by atoms with E-state index in [0.29, 0.717) is 29.6 Å². The molecular formula is C24H22Cl2N2O3. The molecule has 7 heteroatoms. The van der Waals surface area contributed by atoms with E-state index in [1.54, 1.807) is 36.5 Å². The quantitative estimate of drug-likeness (QED) is 0.489. The molecule has 3 aromatic rings. The molecule has 0 aliphatic rings. The van der Waals surface area contributed by atoms with Crippen molar-refractivity contribution >= 4 is 40.9 Å². The smallest absolute Gasteiger partial charge is 0.268 e. The summed E-state index contributed by atoms with van der Waals surface area (Å²) in [4.78, 5) is 25.3. The van der Waals surface area contributed by atoms with Crippen molar-refractivity contribution in [3.05, 3.63) is 98.4 Å². The van der Waals surface area contributed by atoms with Crippen molar-refractivity contribution in [1.82, 2.24) is 9.88 Å². The lowest BCUT2D eigenvalue weighted by Gasteiger charge is -2.12.